The molecule has 3 aliphatic carbocycles. The quantitative estimate of drug-likeness (QED) is 0.164. The summed E-state index contributed by atoms with van der Waals surface area (Å²) in [5, 5.41) is 30.7. The molecule has 14 nitrogen and oxygen atoms in total. The van der Waals surface area contributed by atoms with Crippen molar-refractivity contribution >= 4 is 35.5 Å². The molecule has 4 aliphatic rings. The number of cyclic esters (lactones) is 1. The topological polar surface area (TPSA) is 203 Å². The van der Waals surface area contributed by atoms with Crippen LogP contribution >= 0.6 is 0 Å². The lowest BCUT2D eigenvalue weighted by Crippen LogP contribution is -2.61. The van der Waals surface area contributed by atoms with E-state index in [2.05, 4.69) is 21.3 Å². The molecule has 6 N–H and O–H groups in total. The number of rotatable bonds is 7. The molecule has 10 atom stereocenters. The van der Waals surface area contributed by atoms with Gasteiger partial charge < -0.3 is 41.1 Å². The summed E-state index contributed by atoms with van der Waals surface area (Å²) < 4.78 is 5.92. The van der Waals surface area contributed by atoms with E-state index in [9.17, 15) is 39.0 Å². The zero-order valence-corrected chi connectivity index (χ0v) is 30.2. The molecule has 3 saturated carbocycles. The van der Waals surface area contributed by atoms with Crippen LogP contribution in [0.4, 0.5) is 0 Å². The van der Waals surface area contributed by atoms with Crippen LogP contribution in [0.2, 0.25) is 0 Å². The maximum Gasteiger partial charge on any atom is 0.325 e. The molecule has 0 radical (unpaired) electrons. The minimum Gasteiger partial charge on any atom is -0.460 e. The third kappa shape index (κ3) is 9.95. The van der Waals surface area contributed by atoms with Gasteiger partial charge in [-0.3, -0.25) is 28.8 Å². The number of hydrogen-bond donors (Lipinski definition) is 6. The summed E-state index contributed by atoms with van der Waals surface area (Å²) in [5.41, 5.74) is 0. The summed E-state index contributed by atoms with van der Waals surface area (Å²) in [4.78, 5) is 83.1. The molecule has 0 aromatic carbocycles. The number of ether oxygens (including phenoxy) is 1. The van der Waals surface area contributed by atoms with Crippen LogP contribution < -0.4 is 21.3 Å². The Kier molecular flexibility index (Phi) is 14.5. The highest BCUT2D eigenvalue weighted by Gasteiger charge is 2.44. The van der Waals surface area contributed by atoms with Crippen LogP contribution in [0.25, 0.3) is 0 Å². The second-order valence-corrected chi connectivity index (χ2v) is 15.2. The average Bonchev–Trinajstić information content (AvgIpc) is 3.61. The van der Waals surface area contributed by atoms with Crippen LogP contribution in [0.1, 0.15) is 104 Å². The van der Waals surface area contributed by atoms with Crippen molar-refractivity contribution in [2.24, 2.45) is 29.6 Å². The van der Waals surface area contributed by atoms with Crippen LogP contribution in [0, 0.1) is 29.6 Å². The Hall–Kier alpha value is -3.26. The van der Waals surface area contributed by atoms with Gasteiger partial charge in [0.25, 0.3) is 0 Å². The Morgan fingerprint density at radius 2 is 1.56 bits per heavy atom. The maximum atomic E-state index is 14.2. The number of carbonyl (C=O) groups excluding carboxylic acids is 6. The van der Waals surface area contributed by atoms with E-state index in [1.54, 1.807) is 14.0 Å². The van der Waals surface area contributed by atoms with E-state index >= 15 is 0 Å². The molecule has 3 unspecified atom stereocenters. The number of carbonyl (C=O) groups is 6. The van der Waals surface area contributed by atoms with Gasteiger partial charge in [-0.2, -0.15) is 0 Å². The lowest BCUT2D eigenvalue weighted by atomic mass is 9.82. The lowest BCUT2D eigenvalue weighted by Gasteiger charge is -2.35. The van der Waals surface area contributed by atoms with Gasteiger partial charge in [-0.05, 0) is 75.5 Å². The van der Waals surface area contributed by atoms with E-state index in [0.717, 1.165) is 44.9 Å². The predicted molar refractivity (Wildman–Crippen MR) is 183 cm³/mol. The highest BCUT2D eigenvalue weighted by Crippen LogP contribution is 2.50. The predicted octanol–water partition coefficient (Wildman–Crippen LogP) is 0.915. The van der Waals surface area contributed by atoms with Crippen LogP contribution in [0.5, 0.6) is 0 Å². The molecular formula is C36H59N5O9. The average molecular weight is 706 g/mol. The van der Waals surface area contributed by atoms with Crippen LogP contribution in [-0.4, -0.2) is 107 Å². The van der Waals surface area contributed by atoms with Gasteiger partial charge in [0.2, 0.25) is 29.5 Å². The van der Waals surface area contributed by atoms with E-state index in [1.165, 1.54) is 18.2 Å². The molecule has 50 heavy (non-hydrogen) atoms. The fraction of sp³-hybridized carbons (Fsp3) is 0.833. The van der Waals surface area contributed by atoms with Gasteiger partial charge in [0.1, 0.15) is 36.8 Å². The third-order valence-electron chi connectivity index (χ3n) is 11.6. The van der Waals surface area contributed by atoms with E-state index in [4.69, 9.17) is 4.74 Å². The molecule has 4 fully saturated rings. The molecule has 1 aliphatic heterocycles. The van der Waals surface area contributed by atoms with E-state index < -0.39 is 85.0 Å². The first kappa shape index (κ1) is 39.5. The highest BCUT2D eigenvalue weighted by atomic mass is 16.5. The second kappa shape index (κ2) is 18.3. The molecule has 4 rings (SSSR count). The normalized spacial score (nSPS) is 35.1. The molecule has 5 amide bonds. The number of nitrogens with one attached hydrogen (secondary N) is 4. The second-order valence-electron chi connectivity index (χ2n) is 15.2. The van der Waals surface area contributed by atoms with Gasteiger partial charge in [-0.25, -0.2) is 0 Å². The van der Waals surface area contributed by atoms with Crippen LogP contribution in [-0.2, 0) is 33.5 Å². The summed E-state index contributed by atoms with van der Waals surface area (Å²) in [7, 11) is 1.56. The van der Waals surface area contributed by atoms with Crippen molar-refractivity contribution in [1.29, 1.82) is 0 Å². The molecular weight excluding hydrogens is 646 g/mol. The molecule has 14 heteroatoms. The van der Waals surface area contributed by atoms with Crippen LogP contribution in [0.3, 0.4) is 0 Å². The number of likely N-dealkylation sites (N-methyl/N-ethyl adjacent to an activating group) is 1. The number of nitrogens with zero attached hydrogens (tertiary/aromatic N) is 1. The van der Waals surface area contributed by atoms with Crippen molar-refractivity contribution in [1.82, 2.24) is 26.2 Å². The lowest BCUT2D eigenvalue weighted by molar-refractivity contribution is -0.158. The first-order chi connectivity index (χ1) is 23.8. The summed E-state index contributed by atoms with van der Waals surface area (Å²) >= 11 is 0. The van der Waals surface area contributed by atoms with Gasteiger partial charge in [-0.15, -0.1) is 0 Å². The summed E-state index contributed by atoms with van der Waals surface area (Å²) in [6.07, 6.45) is 8.61. The van der Waals surface area contributed by atoms with Gasteiger partial charge in [-0.1, -0.05) is 52.4 Å². The number of aliphatic hydroxyl groups is 2. The Morgan fingerprint density at radius 3 is 2.14 bits per heavy atom. The standard InChI is InChI=1S/C36H59N5O9/c1-5-10-27-33(46)40-31(23-11-8-6-7-9-12-23)35(48)38-26(19-42)32(45)39-30(21(3)43)34(47)37-18-29(44)50-28(20(2)36(49)41(27)4)17-25-16-22-13-14-24(25)15-22/h20-28,30-31,42-43H,5-19H2,1-4H3,(H,37,47)(H,38,48)(H,39,45)(H,40,46)/t20-,21+,22?,24?,25?,26+,27+,28-,30+,31+/m1/s1. The fourth-order valence-electron chi connectivity index (χ4n) is 8.61. The van der Waals surface area contributed by atoms with Crippen molar-refractivity contribution < 1.29 is 43.7 Å². The Labute approximate surface area is 295 Å². The van der Waals surface area contributed by atoms with Gasteiger partial charge in [0.15, 0.2) is 0 Å². The zero-order chi connectivity index (χ0) is 36.5. The monoisotopic (exact) mass is 705 g/mol. The molecule has 282 valence electrons. The highest BCUT2D eigenvalue weighted by molar-refractivity contribution is 5.96. The fourth-order valence-corrected chi connectivity index (χ4v) is 8.61. The van der Waals surface area contributed by atoms with Gasteiger partial charge in [0.05, 0.1) is 18.6 Å². The van der Waals surface area contributed by atoms with Crippen molar-refractivity contribution in [3.05, 3.63) is 0 Å². The Balaban J connectivity index is 1.68. The minimum absolute atomic E-state index is 0.248. The first-order valence-electron chi connectivity index (χ1n) is 18.8. The van der Waals surface area contributed by atoms with E-state index in [0.29, 0.717) is 43.9 Å². The van der Waals surface area contributed by atoms with Crippen molar-refractivity contribution in [3.63, 3.8) is 0 Å². The molecule has 1 saturated heterocycles. The molecule has 2 bridgehead atoms. The number of esters is 1. The number of aliphatic hydroxyl groups excluding tert-OH is 2. The Morgan fingerprint density at radius 1 is 0.860 bits per heavy atom. The minimum atomic E-state index is -1.52. The molecule has 0 aromatic heterocycles. The summed E-state index contributed by atoms with van der Waals surface area (Å²) in [6, 6.07) is -4.99. The van der Waals surface area contributed by atoms with E-state index in [-0.39, 0.29) is 17.7 Å². The van der Waals surface area contributed by atoms with Crippen molar-refractivity contribution in [3.8, 4) is 0 Å². The van der Waals surface area contributed by atoms with Crippen LogP contribution in [0.15, 0.2) is 0 Å². The largest absolute Gasteiger partial charge is 0.460 e. The molecule has 0 spiro atoms. The van der Waals surface area contributed by atoms with E-state index in [1.807, 2.05) is 6.92 Å². The summed E-state index contributed by atoms with van der Waals surface area (Å²) in [5.74, 6) is -3.76. The number of hydrogen-bond acceptors (Lipinski definition) is 9. The first-order valence-corrected chi connectivity index (χ1v) is 18.8. The molecule has 1 heterocycles. The number of amides is 5. The smallest absolute Gasteiger partial charge is 0.325 e. The van der Waals surface area contributed by atoms with Crippen molar-refractivity contribution in [2.75, 3.05) is 20.2 Å². The SMILES string of the molecule is CCC[C@H]1C(=O)N[C@@H](C2CCCCCC2)C(=O)N[C@@H](CO)C(=O)N[C@@H]([C@H](C)O)C(=O)NCC(=O)O[C@H](CC2CC3CCC2C3)[C@@H](C)C(=O)N1C. The Bertz CT molecular complexity index is 1220. The summed E-state index contributed by atoms with van der Waals surface area (Å²) in [6.45, 7) is 3.48. The van der Waals surface area contributed by atoms with Gasteiger partial charge in [0, 0.05) is 7.05 Å². The number of fused-ring (bicyclic) bond motifs is 2. The van der Waals surface area contributed by atoms with Gasteiger partial charge >= 0.3 is 5.97 Å². The zero-order valence-electron chi connectivity index (χ0n) is 30.2. The third-order valence-corrected chi connectivity index (χ3v) is 11.6. The van der Waals surface area contributed by atoms with Crippen molar-refractivity contribution in [2.45, 2.75) is 141 Å². The maximum absolute atomic E-state index is 14.2. The molecule has 0 aromatic rings.